The standard InChI is InChI=1S/C12H17N3OS/c1-4-13-11-9-5-6-17-12(9)15-10(14-11)7-8(2)16-3/h5-6,8H,4,7H2,1-3H3,(H,13,14,15). The Balaban J connectivity index is 2.36. The van der Waals surface area contributed by atoms with Crippen molar-refractivity contribution in [3.8, 4) is 0 Å². The summed E-state index contributed by atoms with van der Waals surface area (Å²) in [5, 5.41) is 6.43. The third kappa shape index (κ3) is 2.73. The molecule has 1 unspecified atom stereocenters. The van der Waals surface area contributed by atoms with Gasteiger partial charge in [-0.25, -0.2) is 9.97 Å². The van der Waals surface area contributed by atoms with E-state index in [0.717, 1.165) is 34.8 Å². The molecule has 2 rings (SSSR count). The van der Waals surface area contributed by atoms with Crippen molar-refractivity contribution in [3.63, 3.8) is 0 Å². The highest BCUT2D eigenvalue weighted by Gasteiger charge is 2.10. The number of anilines is 1. The first-order chi connectivity index (χ1) is 8.24. The van der Waals surface area contributed by atoms with Crippen molar-refractivity contribution in [1.29, 1.82) is 0 Å². The van der Waals surface area contributed by atoms with E-state index in [0.29, 0.717) is 0 Å². The minimum atomic E-state index is 0.141. The van der Waals surface area contributed by atoms with Crippen LogP contribution in [0.4, 0.5) is 5.82 Å². The summed E-state index contributed by atoms with van der Waals surface area (Å²) >= 11 is 1.64. The number of hydrogen-bond acceptors (Lipinski definition) is 5. The molecule has 17 heavy (non-hydrogen) atoms. The summed E-state index contributed by atoms with van der Waals surface area (Å²) in [5.41, 5.74) is 0. The van der Waals surface area contributed by atoms with Gasteiger partial charge in [0, 0.05) is 20.1 Å². The lowest BCUT2D eigenvalue weighted by Gasteiger charge is -2.10. The fourth-order valence-corrected chi connectivity index (χ4v) is 2.42. The van der Waals surface area contributed by atoms with E-state index >= 15 is 0 Å². The van der Waals surface area contributed by atoms with Crippen LogP contribution in [-0.4, -0.2) is 29.7 Å². The van der Waals surface area contributed by atoms with Crippen molar-refractivity contribution in [1.82, 2.24) is 9.97 Å². The molecular weight excluding hydrogens is 234 g/mol. The van der Waals surface area contributed by atoms with E-state index in [1.165, 1.54) is 0 Å². The zero-order valence-corrected chi connectivity index (χ0v) is 11.2. The first-order valence-corrected chi connectivity index (χ1v) is 6.63. The quantitative estimate of drug-likeness (QED) is 0.887. The highest BCUT2D eigenvalue weighted by molar-refractivity contribution is 7.16. The van der Waals surface area contributed by atoms with Crippen molar-refractivity contribution in [2.75, 3.05) is 19.0 Å². The monoisotopic (exact) mass is 251 g/mol. The van der Waals surface area contributed by atoms with E-state index < -0.39 is 0 Å². The van der Waals surface area contributed by atoms with Gasteiger partial charge in [0.2, 0.25) is 0 Å². The zero-order valence-electron chi connectivity index (χ0n) is 10.4. The van der Waals surface area contributed by atoms with Gasteiger partial charge in [0.25, 0.3) is 0 Å². The zero-order chi connectivity index (χ0) is 12.3. The maximum atomic E-state index is 5.25. The molecule has 0 radical (unpaired) electrons. The minimum Gasteiger partial charge on any atom is -0.381 e. The number of ether oxygens (including phenoxy) is 1. The highest BCUT2D eigenvalue weighted by atomic mass is 32.1. The molecule has 0 bridgehead atoms. The van der Waals surface area contributed by atoms with Gasteiger partial charge in [0.15, 0.2) is 0 Å². The summed E-state index contributed by atoms with van der Waals surface area (Å²) in [7, 11) is 1.71. The van der Waals surface area contributed by atoms with Crippen LogP contribution in [0.15, 0.2) is 11.4 Å². The van der Waals surface area contributed by atoms with E-state index in [2.05, 4.69) is 28.3 Å². The van der Waals surface area contributed by atoms with Gasteiger partial charge in [0.1, 0.15) is 16.5 Å². The third-order valence-corrected chi connectivity index (χ3v) is 3.39. The molecule has 1 atom stereocenters. The van der Waals surface area contributed by atoms with Crippen molar-refractivity contribution >= 4 is 27.4 Å². The lowest BCUT2D eigenvalue weighted by Crippen LogP contribution is -2.12. The Labute approximate surface area is 105 Å². The number of hydrogen-bond donors (Lipinski definition) is 1. The molecule has 2 aromatic heterocycles. The Morgan fingerprint density at radius 3 is 3.00 bits per heavy atom. The van der Waals surface area contributed by atoms with Crippen molar-refractivity contribution in [2.24, 2.45) is 0 Å². The number of thiophene rings is 1. The second-order valence-electron chi connectivity index (χ2n) is 3.91. The van der Waals surface area contributed by atoms with Crippen LogP contribution in [0.2, 0.25) is 0 Å². The number of methoxy groups -OCH3 is 1. The van der Waals surface area contributed by atoms with Gasteiger partial charge in [-0.2, -0.15) is 0 Å². The lowest BCUT2D eigenvalue weighted by molar-refractivity contribution is 0.117. The van der Waals surface area contributed by atoms with Gasteiger partial charge in [-0.15, -0.1) is 11.3 Å². The number of aromatic nitrogens is 2. The maximum absolute atomic E-state index is 5.25. The molecular formula is C12H17N3OS. The van der Waals surface area contributed by atoms with E-state index in [1.807, 2.05) is 12.3 Å². The Kier molecular flexibility index (Phi) is 3.91. The second-order valence-corrected chi connectivity index (χ2v) is 4.80. The lowest BCUT2D eigenvalue weighted by atomic mass is 10.2. The van der Waals surface area contributed by atoms with Crippen LogP contribution in [0.1, 0.15) is 19.7 Å². The Morgan fingerprint density at radius 2 is 2.29 bits per heavy atom. The molecule has 0 saturated carbocycles. The molecule has 0 spiro atoms. The van der Waals surface area contributed by atoms with Gasteiger partial charge < -0.3 is 10.1 Å². The van der Waals surface area contributed by atoms with Gasteiger partial charge in [0.05, 0.1) is 11.5 Å². The van der Waals surface area contributed by atoms with Crippen molar-refractivity contribution in [2.45, 2.75) is 26.4 Å². The first kappa shape index (κ1) is 12.3. The molecule has 0 aromatic carbocycles. The largest absolute Gasteiger partial charge is 0.381 e. The van der Waals surface area contributed by atoms with Crippen molar-refractivity contribution in [3.05, 3.63) is 17.3 Å². The summed E-state index contributed by atoms with van der Waals surface area (Å²) in [6.45, 7) is 4.95. The summed E-state index contributed by atoms with van der Waals surface area (Å²) in [4.78, 5) is 10.1. The van der Waals surface area contributed by atoms with Gasteiger partial charge >= 0.3 is 0 Å². The average Bonchev–Trinajstić information content (AvgIpc) is 2.77. The molecule has 0 aliphatic carbocycles. The number of nitrogens with one attached hydrogen (secondary N) is 1. The molecule has 0 aliphatic heterocycles. The molecule has 1 N–H and O–H groups in total. The summed E-state index contributed by atoms with van der Waals surface area (Å²) in [6, 6.07) is 2.06. The highest BCUT2D eigenvalue weighted by Crippen LogP contribution is 2.25. The molecule has 0 fully saturated rings. The SMILES string of the molecule is CCNc1nc(CC(C)OC)nc2sccc12. The molecule has 92 valence electrons. The average molecular weight is 251 g/mol. The predicted octanol–water partition coefficient (Wildman–Crippen LogP) is 2.70. The van der Waals surface area contributed by atoms with Crippen LogP contribution < -0.4 is 5.32 Å². The topological polar surface area (TPSA) is 47.0 Å². The molecule has 0 saturated heterocycles. The normalized spacial score (nSPS) is 12.9. The van der Waals surface area contributed by atoms with E-state index in [1.54, 1.807) is 18.4 Å². The van der Waals surface area contributed by atoms with Crippen LogP contribution in [0.3, 0.4) is 0 Å². The van der Waals surface area contributed by atoms with Crippen LogP contribution in [-0.2, 0) is 11.2 Å². The van der Waals surface area contributed by atoms with E-state index in [4.69, 9.17) is 4.74 Å². The minimum absolute atomic E-state index is 0.141. The Bertz CT molecular complexity index is 497. The number of nitrogens with zero attached hydrogens (tertiary/aromatic N) is 2. The molecule has 2 heterocycles. The molecule has 4 nitrogen and oxygen atoms in total. The van der Waals surface area contributed by atoms with Crippen LogP contribution in [0.5, 0.6) is 0 Å². The van der Waals surface area contributed by atoms with E-state index in [-0.39, 0.29) is 6.10 Å². The Hall–Kier alpha value is -1.20. The second kappa shape index (κ2) is 5.42. The molecule has 0 aliphatic rings. The smallest absolute Gasteiger partial charge is 0.138 e. The number of fused-ring (bicyclic) bond motifs is 1. The third-order valence-electron chi connectivity index (χ3n) is 2.59. The Morgan fingerprint density at radius 1 is 1.47 bits per heavy atom. The first-order valence-electron chi connectivity index (χ1n) is 5.75. The van der Waals surface area contributed by atoms with Crippen LogP contribution in [0.25, 0.3) is 10.2 Å². The van der Waals surface area contributed by atoms with Gasteiger partial charge in [-0.05, 0) is 25.3 Å². The van der Waals surface area contributed by atoms with Gasteiger partial charge in [-0.1, -0.05) is 0 Å². The predicted molar refractivity (Wildman–Crippen MR) is 71.8 cm³/mol. The molecule has 0 amide bonds. The van der Waals surface area contributed by atoms with Crippen LogP contribution >= 0.6 is 11.3 Å². The molecule has 5 heteroatoms. The van der Waals surface area contributed by atoms with E-state index in [9.17, 15) is 0 Å². The van der Waals surface area contributed by atoms with Crippen molar-refractivity contribution < 1.29 is 4.74 Å². The number of rotatable bonds is 5. The maximum Gasteiger partial charge on any atom is 0.138 e. The molecule has 2 aromatic rings. The summed E-state index contributed by atoms with van der Waals surface area (Å²) in [6.07, 6.45) is 0.879. The fourth-order valence-electron chi connectivity index (χ4n) is 1.63. The van der Waals surface area contributed by atoms with Crippen LogP contribution in [0, 0.1) is 0 Å². The van der Waals surface area contributed by atoms with Gasteiger partial charge in [-0.3, -0.25) is 0 Å². The summed E-state index contributed by atoms with van der Waals surface area (Å²) < 4.78 is 5.25. The fraction of sp³-hybridized carbons (Fsp3) is 0.500. The summed E-state index contributed by atoms with van der Waals surface area (Å²) in [5.74, 6) is 1.77.